The normalized spacial score (nSPS) is 30.5. The highest BCUT2D eigenvalue weighted by molar-refractivity contribution is 5.87. The summed E-state index contributed by atoms with van der Waals surface area (Å²) in [5.41, 5.74) is 0. The molecular weight excluding hydrogens is 144 g/mol. The highest BCUT2D eigenvalue weighted by atomic mass is 16.5. The lowest BCUT2D eigenvalue weighted by Gasteiger charge is -2.07. The fraction of sp³-hybridized carbons (Fsp3) is 0.750. The van der Waals surface area contributed by atoms with Crippen LogP contribution in [-0.2, 0) is 14.3 Å². The van der Waals surface area contributed by atoms with Gasteiger partial charge in [-0.3, -0.25) is 9.59 Å². The lowest BCUT2D eigenvalue weighted by Crippen LogP contribution is -2.20. The number of rotatable bonds is 1. The number of esters is 1. The number of carbonyl (C=O) groups excluding carboxylic acids is 2. The second kappa shape index (κ2) is 3.03. The summed E-state index contributed by atoms with van der Waals surface area (Å²) >= 11 is 0. The first-order valence-electron chi connectivity index (χ1n) is 3.79. The summed E-state index contributed by atoms with van der Waals surface area (Å²) in [6.45, 7) is 3.32. The van der Waals surface area contributed by atoms with Gasteiger partial charge < -0.3 is 4.74 Å². The van der Waals surface area contributed by atoms with E-state index in [1.54, 1.807) is 0 Å². The Balaban J connectivity index is 2.47. The molecule has 0 spiro atoms. The quantitative estimate of drug-likeness (QED) is 0.530. The van der Waals surface area contributed by atoms with E-state index in [9.17, 15) is 9.59 Å². The number of ether oxygens (including phenoxy) is 1. The van der Waals surface area contributed by atoms with Gasteiger partial charge in [0.05, 0.1) is 0 Å². The van der Waals surface area contributed by atoms with Crippen LogP contribution in [0.3, 0.4) is 0 Å². The van der Waals surface area contributed by atoms with Gasteiger partial charge in [-0.1, -0.05) is 6.92 Å². The smallest absolute Gasteiger partial charge is 0.303 e. The molecule has 0 aromatic carbocycles. The average Bonchev–Trinajstić information content (AvgIpc) is 2.09. The summed E-state index contributed by atoms with van der Waals surface area (Å²) in [6.07, 6.45) is 0.790. The molecule has 0 aliphatic heterocycles. The average molecular weight is 156 g/mol. The topological polar surface area (TPSA) is 43.4 Å². The Kier molecular flexibility index (Phi) is 2.27. The first-order valence-corrected chi connectivity index (χ1v) is 3.79. The third kappa shape index (κ3) is 2.03. The Labute approximate surface area is 65.7 Å². The number of carbonyl (C=O) groups is 2. The summed E-state index contributed by atoms with van der Waals surface area (Å²) in [6, 6.07) is 0. The van der Waals surface area contributed by atoms with Crippen LogP contribution in [0.5, 0.6) is 0 Å². The molecular formula is C8H12O3. The van der Waals surface area contributed by atoms with Gasteiger partial charge in [0.2, 0.25) is 0 Å². The van der Waals surface area contributed by atoms with Gasteiger partial charge in [0.1, 0.15) is 0 Å². The van der Waals surface area contributed by atoms with Gasteiger partial charge in [-0.15, -0.1) is 0 Å². The van der Waals surface area contributed by atoms with Crippen molar-refractivity contribution in [2.75, 3.05) is 0 Å². The Bertz CT molecular complexity index is 186. The van der Waals surface area contributed by atoms with Gasteiger partial charge in [0.15, 0.2) is 11.9 Å². The molecule has 0 saturated heterocycles. The molecule has 0 aromatic heterocycles. The molecule has 1 rings (SSSR count). The van der Waals surface area contributed by atoms with Crippen LogP contribution >= 0.6 is 0 Å². The fourth-order valence-corrected chi connectivity index (χ4v) is 1.37. The van der Waals surface area contributed by atoms with Gasteiger partial charge in [0, 0.05) is 13.3 Å². The maximum Gasteiger partial charge on any atom is 0.303 e. The van der Waals surface area contributed by atoms with Crippen LogP contribution in [0.15, 0.2) is 0 Å². The number of Topliss-reactive ketones (excluding diaryl/α,β-unsaturated/α-hetero) is 1. The highest BCUT2D eigenvalue weighted by Gasteiger charge is 2.31. The lowest BCUT2D eigenvalue weighted by molar-refractivity contribution is -0.151. The van der Waals surface area contributed by atoms with Crippen molar-refractivity contribution >= 4 is 11.8 Å². The van der Waals surface area contributed by atoms with E-state index in [1.807, 2.05) is 6.92 Å². The molecule has 62 valence electrons. The van der Waals surface area contributed by atoms with E-state index in [0.29, 0.717) is 18.8 Å². The Morgan fingerprint density at radius 2 is 2.27 bits per heavy atom. The van der Waals surface area contributed by atoms with Crippen molar-refractivity contribution in [3.63, 3.8) is 0 Å². The molecule has 0 radical (unpaired) electrons. The first kappa shape index (κ1) is 8.24. The zero-order chi connectivity index (χ0) is 8.43. The molecule has 0 aromatic rings. The SMILES string of the molecule is CC(=O)OC1CC(C)CC1=O. The van der Waals surface area contributed by atoms with E-state index in [0.717, 1.165) is 0 Å². The monoisotopic (exact) mass is 156 g/mol. The van der Waals surface area contributed by atoms with E-state index in [-0.39, 0.29) is 11.8 Å². The zero-order valence-corrected chi connectivity index (χ0v) is 6.79. The van der Waals surface area contributed by atoms with Crippen molar-refractivity contribution in [3.05, 3.63) is 0 Å². The van der Waals surface area contributed by atoms with E-state index < -0.39 is 6.10 Å². The summed E-state index contributed by atoms with van der Waals surface area (Å²) in [4.78, 5) is 21.5. The van der Waals surface area contributed by atoms with Crippen LogP contribution in [0, 0.1) is 5.92 Å². The van der Waals surface area contributed by atoms with E-state index in [2.05, 4.69) is 0 Å². The lowest BCUT2D eigenvalue weighted by atomic mass is 10.1. The summed E-state index contributed by atoms with van der Waals surface area (Å²) in [7, 11) is 0. The minimum atomic E-state index is -0.456. The van der Waals surface area contributed by atoms with Gasteiger partial charge in [0.25, 0.3) is 0 Å². The Hall–Kier alpha value is -0.860. The molecule has 3 heteroatoms. The molecule has 1 aliphatic rings. The van der Waals surface area contributed by atoms with Crippen molar-refractivity contribution in [3.8, 4) is 0 Å². The van der Waals surface area contributed by atoms with Gasteiger partial charge in [-0.25, -0.2) is 0 Å². The second-order valence-corrected chi connectivity index (χ2v) is 3.11. The Morgan fingerprint density at radius 1 is 1.64 bits per heavy atom. The maximum absolute atomic E-state index is 11.0. The van der Waals surface area contributed by atoms with Crippen molar-refractivity contribution in [2.24, 2.45) is 5.92 Å². The molecule has 2 atom stereocenters. The van der Waals surface area contributed by atoms with Crippen LogP contribution in [0.25, 0.3) is 0 Å². The zero-order valence-electron chi connectivity index (χ0n) is 6.79. The number of ketones is 1. The molecule has 0 bridgehead atoms. The summed E-state index contributed by atoms with van der Waals surface area (Å²) in [5.74, 6) is 0.0667. The summed E-state index contributed by atoms with van der Waals surface area (Å²) in [5, 5.41) is 0. The maximum atomic E-state index is 11.0. The van der Waals surface area contributed by atoms with Crippen LogP contribution in [-0.4, -0.2) is 17.9 Å². The fourth-order valence-electron chi connectivity index (χ4n) is 1.37. The predicted molar refractivity (Wildman–Crippen MR) is 39.0 cm³/mol. The number of hydrogen-bond acceptors (Lipinski definition) is 3. The van der Waals surface area contributed by atoms with E-state index in [1.165, 1.54) is 6.92 Å². The first-order chi connectivity index (χ1) is 5.09. The minimum absolute atomic E-state index is 0.0627. The van der Waals surface area contributed by atoms with Crippen LogP contribution in [0.1, 0.15) is 26.7 Å². The van der Waals surface area contributed by atoms with Gasteiger partial charge in [-0.2, -0.15) is 0 Å². The van der Waals surface area contributed by atoms with E-state index in [4.69, 9.17) is 4.74 Å². The van der Waals surface area contributed by atoms with Crippen LogP contribution in [0.4, 0.5) is 0 Å². The van der Waals surface area contributed by atoms with Crippen LogP contribution < -0.4 is 0 Å². The molecule has 1 saturated carbocycles. The molecule has 0 N–H and O–H groups in total. The van der Waals surface area contributed by atoms with Crippen LogP contribution in [0.2, 0.25) is 0 Å². The van der Waals surface area contributed by atoms with Crippen molar-refractivity contribution in [1.29, 1.82) is 0 Å². The highest BCUT2D eigenvalue weighted by Crippen LogP contribution is 2.23. The van der Waals surface area contributed by atoms with E-state index >= 15 is 0 Å². The van der Waals surface area contributed by atoms with Crippen molar-refractivity contribution in [2.45, 2.75) is 32.8 Å². The number of hydrogen-bond donors (Lipinski definition) is 0. The molecule has 3 nitrogen and oxygen atoms in total. The second-order valence-electron chi connectivity index (χ2n) is 3.11. The Morgan fingerprint density at radius 3 is 2.64 bits per heavy atom. The third-order valence-electron chi connectivity index (χ3n) is 1.83. The molecule has 0 amide bonds. The van der Waals surface area contributed by atoms with Gasteiger partial charge in [-0.05, 0) is 12.3 Å². The molecule has 1 aliphatic carbocycles. The van der Waals surface area contributed by atoms with Crippen molar-refractivity contribution < 1.29 is 14.3 Å². The predicted octanol–water partition coefficient (Wildman–Crippen LogP) is 0.917. The molecule has 0 heterocycles. The molecule has 1 fully saturated rings. The summed E-state index contributed by atoms with van der Waals surface area (Å²) < 4.78 is 4.81. The van der Waals surface area contributed by atoms with Crippen molar-refractivity contribution in [1.82, 2.24) is 0 Å². The molecule has 11 heavy (non-hydrogen) atoms. The van der Waals surface area contributed by atoms with Gasteiger partial charge >= 0.3 is 5.97 Å². The molecule has 2 unspecified atom stereocenters. The largest absolute Gasteiger partial charge is 0.455 e. The third-order valence-corrected chi connectivity index (χ3v) is 1.83. The standard InChI is InChI=1S/C8H12O3/c1-5-3-7(10)8(4-5)11-6(2)9/h5,8H,3-4H2,1-2H3. The minimum Gasteiger partial charge on any atom is -0.455 e.